The van der Waals surface area contributed by atoms with Crippen molar-refractivity contribution in [1.82, 2.24) is 0 Å². The minimum absolute atomic E-state index is 0.0259. The van der Waals surface area contributed by atoms with Gasteiger partial charge in [-0.2, -0.15) is 13.2 Å². The van der Waals surface area contributed by atoms with Gasteiger partial charge in [0.2, 0.25) is 0 Å². The minimum atomic E-state index is -4.67. The third-order valence-corrected chi connectivity index (χ3v) is 4.95. The lowest BCUT2D eigenvalue weighted by atomic mass is 10.2. The first-order chi connectivity index (χ1) is 7.74. The van der Waals surface area contributed by atoms with Crippen molar-refractivity contribution in [3.63, 3.8) is 0 Å². The van der Waals surface area contributed by atoms with Crippen molar-refractivity contribution in [1.29, 1.82) is 0 Å². The molecular formula is C10H10F3NO2S. The van der Waals surface area contributed by atoms with Gasteiger partial charge in [0.25, 0.3) is 0 Å². The van der Waals surface area contributed by atoms with Crippen LogP contribution < -0.4 is 5.32 Å². The molecule has 1 atom stereocenters. The number of hydrogen-bond acceptors (Lipinski definition) is 3. The van der Waals surface area contributed by atoms with Gasteiger partial charge < -0.3 is 5.32 Å². The van der Waals surface area contributed by atoms with Gasteiger partial charge in [-0.1, -0.05) is 6.07 Å². The van der Waals surface area contributed by atoms with E-state index in [2.05, 4.69) is 5.32 Å². The fourth-order valence-corrected chi connectivity index (χ4v) is 3.41. The topological polar surface area (TPSA) is 46.2 Å². The van der Waals surface area contributed by atoms with Crippen molar-refractivity contribution < 1.29 is 21.6 Å². The molecule has 0 fully saturated rings. The standard InChI is InChI=1S/C10H10F3NO2S/c1-6-5-14-8-4-2-3-7(10(11,12)13)9(8)17(6,15)16/h2-4,6,14H,5H2,1H3. The number of halogens is 3. The molecular weight excluding hydrogens is 255 g/mol. The maximum absolute atomic E-state index is 12.8. The Hall–Kier alpha value is -1.24. The number of hydrogen-bond donors (Lipinski definition) is 1. The molecule has 0 saturated heterocycles. The number of sulfone groups is 1. The van der Waals surface area contributed by atoms with Crippen molar-refractivity contribution >= 4 is 15.5 Å². The van der Waals surface area contributed by atoms with Crippen LogP contribution in [0, 0.1) is 0 Å². The molecule has 7 heteroatoms. The van der Waals surface area contributed by atoms with Crippen molar-refractivity contribution in [3.8, 4) is 0 Å². The summed E-state index contributed by atoms with van der Waals surface area (Å²) in [5, 5.41) is 1.84. The van der Waals surface area contributed by atoms with Crippen LogP contribution in [0.25, 0.3) is 0 Å². The van der Waals surface area contributed by atoms with E-state index in [4.69, 9.17) is 0 Å². The molecule has 1 aliphatic rings. The maximum Gasteiger partial charge on any atom is 0.417 e. The van der Waals surface area contributed by atoms with Crippen LogP contribution >= 0.6 is 0 Å². The van der Waals surface area contributed by atoms with Crippen molar-refractivity contribution in [3.05, 3.63) is 23.8 Å². The van der Waals surface area contributed by atoms with Gasteiger partial charge in [-0.15, -0.1) is 0 Å². The zero-order chi connectivity index (χ0) is 12.8. The molecule has 94 valence electrons. The number of nitrogens with one attached hydrogen (secondary N) is 1. The van der Waals surface area contributed by atoms with Gasteiger partial charge in [0.05, 0.1) is 16.5 Å². The van der Waals surface area contributed by atoms with E-state index in [-0.39, 0.29) is 12.2 Å². The summed E-state index contributed by atoms with van der Waals surface area (Å²) in [6, 6.07) is 3.32. The fraction of sp³-hybridized carbons (Fsp3) is 0.400. The number of benzene rings is 1. The lowest BCUT2D eigenvalue weighted by Crippen LogP contribution is -2.33. The van der Waals surface area contributed by atoms with Crippen molar-refractivity contribution in [2.24, 2.45) is 0 Å². The van der Waals surface area contributed by atoms with Crippen molar-refractivity contribution in [2.45, 2.75) is 23.2 Å². The molecule has 0 spiro atoms. The Morgan fingerprint density at radius 1 is 1.35 bits per heavy atom. The van der Waals surface area contributed by atoms with Crippen LogP contribution in [-0.4, -0.2) is 20.2 Å². The van der Waals surface area contributed by atoms with Gasteiger partial charge >= 0.3 is 6.18 Å². The molecule has 0 radical (unpaired) electrons. The van der Waals surface area contributed by atoms with Crippen LogP contribution in [0.1, 0.15) is 12.5 Å². The molecule has 3 nitrogen and oxygen atoms in total. The average Bonchev–Trinajstić information content (AvgIpc) is 2.22. The third kappa shape index (κ3) is 1.88. The summed E-state index contributed by atoms with van der Waals surface area (Å²) in [4.78, 5) is -0.633. The third-order valence-electron chi connectivity index (χ3n) is 2.71. The summed E-state index contributed by atoms with van der Waals surface area (Å²) in [6.07, 6.45) is -4.67. The van der Waals surface area contributed by atoms with Gasteiger partial charge in [-0.05, 0) is 19.1 Å². The largest absolute Gasteiger partial charge is 0.417 e. The van der Waals surface area contributed by atoms with E-state index in [9.17, 15) is 21.6 Å². The second kappa shape index (κ2) is 3.63. The first-order valence-corrected chi connectivity index (χ1v) is 6.47. The molecule has 0 aliphatic carbocycles. The number of fused-ring (bicyclic) bond motifs is 1. The second-order valence-corrected chi connectivity index (χ2v) is 6.22. The molecule has 1 aromatic carbocycles. The summed E-state index contributed by atoms with van der Waals surface area (Å²) in [5.41, 5.74) is -1.08. The molecule has 0 amide bonds. The van der Waals surface area contributed by atoms with Crippen LogP contribution in [0.2, 0.25) is 0 Å². The summed E-state index contributed by atoms with van der Waals surface area (Å²) in [6.45, 7) is 1.51. The smallest absolute Gasteiger partial charge is 0.383 e. The fourth-order valence-electron chi connectivity index (χ4n) is 1.77. The van der Waals surface area contributed by atoms with Crippen LogP contribution in [0.5, 0.6) is 0 Å². The van der Waals surface area contributed by atoms with E-state index in [1.54, 1.807) is 0 Å². The van der Waals surface area contributed by atoms with E-state index in [1.807, 2.05) is 0 Å². The summed E-state index contributed by atoms with van der Waals surface area (Å²) >= 11 is 0. The minimum Gasteiger partial charge on any atom is -0.383 e. The molecule has 17 heavy (non-hydrogen) atoms. The molecule has 0 saturated carbocycles. The van der Waals surface area contributed by atoms with E-state index in [1.165, 1.54) is 19.1 Å². The molecule has 2 rings (SSSR count). The lowest BCUT2D eigenvalue weighted by molar-refractivity contribution is -0.139. The van der Waals surface area contributed by atoms with Gasteiger partial charge in [-0.3, -0.25) is 0 Å². The van der Waals surface area contributed by atoms with Gasteiger partial charge in [-0.25, -0.2) is 8.42 Å². The first kappa shape index (κ1) is 12.2. The maximum atomic E-state index is 12.8. The molecule has 1 N–H and O–H groups in total. The van der Waals surface area contributed by atoms with Crippen LogP contribution in [0.4, 0.5) is 18.9 Å². The predicted octanol–water partition coefficient (Wildman–Crippen LogP) is 2.29. The van der Waals surface area contributed by atoms with Gasteiger partial charge in [0, 0.05) is 6.54 Å². The summed E-state index contributed by atoms with van der Waals surface area (Å²) in [7, 11) is -3.92. The predicted molar refractivity (Wildman–Crippen MR) is 56.6 cm³/mol. The van der Waals surface area contributed by atoms with E-state index in [0.29, 0.717) is 0 Å². The zero-order valence-electron chi connectivity index (χ0n) is 8.88. The quantitative estimate of drug-likeness (QED) is 0.783. The monoisotopic (exact) mass is 265 g/mol. The Kier molecular flexibility index (Phi) is 2.61. The number of rotatable bonds is 0. The van der Waals surface area contributed by atoms with E-state index >= 15 is 0 Å². The highest BCUT2D eigenvalue weighted by molar-refractivity contribution is 7.92. The Labute approximate surface area is 96.6 Å². The lowest BCUT2D eigenvalue weighted by Gasteiger charge is -2.26. The Morgan fingerprint density at radius 2 is 2.00 bits per heavy atom. The van der Waals surface area contributed by atoms with E-state index < -0.39 is 31.7 Å². The average molecular weight is 265 g/mol. The van der Waals surface area contributed by atoms with E-state index in [0.717, 1.165) is 6.07 Å². The van der Waals surface area contributed by atoms with Gasteiger partial charge in [0.15, 0.2) is 9.84 Å². The molecule has 1 aromatic rings. The van der Waals surface area contributed by atoms with Gasteiger partial charge in [0.1, 0.15) is 4.90 Å². The highest BCUT2D eigenvalue weighted by Crippen LogP contribution is 2.40. The highest BCUT2D eigenvalue weighted by Gasteiger charge is 2.42. The van der Waals surface area contributed by atoms with Crippen LogP contribution in [-0.2, 0) is 16.0 Å². The Bertz CT molecular complexity index is 551. The highest BCUT2D eigenvalue weighted by atomic mass is 32.2. The number of anilines is 1. The Morgan fingerprint density at radius 3 is 2.59 bits per heavy atom. The van der Waals surface area contributed by atoms with Crippen molar-refractivity contribution in [2.75, 3.05) is 11.9 Å². The molecule has 0 aromatic heterocycles. The summed E-state index contributed by atoms with van der Waals surface area (Å²) in [5.74, 6) is 0. The first-order valence-electron chi connectivity index (χ1n) is 4.92. The second-order valence-electron chi connectivity index (χ2n) is 3.92. The molecule has 1 aliphatic heterocycles. The summed E-state index contributed by atoms with van der Waals surface area (Å²) < 4.78 is 62.1. The van der Waals surface area contributed by atoms with Crippen LogP contribution in [0.15, 0.2) is 23.1 Å². The molecule has 1 unspecified atom stereocenters. The number of alkyl halides is 3. The molecule has 1 heterocycles. The SMILES string of the molecule is CC1CNc2cccc(C(F)(F)F)c2S1(=O)=O. The van der Waals surface area contributed by atoms with Crippen LogP contribution in [0.3, 0.4) is 0 Å². The Balaban J connectivity index is 2.77. The molecule has 0 bridgehead atoms. The zero-order valence-corrected chi connectivity index (χ0v) is 9.69. The normalized spacial score (nSPS) is 22.7.